The lowest BCUT2D eigenvalue weighted by molar-refractivity contribution is -0.124. The zero-order chi connectivity index (χ0) is 23.4. The number of fused-ring (bicyclic) bond motifs is 1. The molecular weight excluding hydrogens is 432 g/mol. The summed E-state index contributed by atoms with van der Waals surface area (Å²) >= 11 is 0. The number of nitrogens with one attached hydrogen (secondary N) is 1. The zero-order valence-electron chi connectivity index (χ0n) is 17.3. The van der Waals surface area contributed by atoms with Crippen molar-refractivity contribution in [3.63, 3.8) is 0 Å². The van der Waals surface area contributed by atoms with Crippen LogP contribution in [-0.4, -0.2) is 24.2 Å². The van der Waals surface area contributed by atoms with Crippen LogP contribution in [0, 0.1) is 11.6 Å². The van der Waals surface area contributed by atoms with Crippen molar-refractivity contribution in [2.45, 2.75) is 6.04 Å². The predicted octanol–water partition coefficient (Wildman–Crippen LogP) is 3.97. The van der Waals surface area contributed by atoms with Crippen molar-refractivity contribution in [2.24, 2.45) is 0 Å². The van der Waals surface area contributed by atoms with Crippen LogP contribution in [0.1, 0.15) is 11.6 Å². The Morgan fingerprint density at radius 2 is 1.73 bits per heavy atom. The van der Waals surface area contributed by atoms with E-state index in [9.17, 15) is 23.5 Å². The lowest BCUT2D eigenvalue weighted by atomic mass is 10.1. The van der Waals surface area contributed by atoms with Crippen molar-refractivity contribution >= 4 is 16.9 Å². The van der Waals surface area contributed by atoms with Gasteiger partial charge in [-0.1, -0.05) is 30.3 Å². The summed E-state index contributed by atoms with van der Waals surface area (Å²) in [7, 11) is 0. The number of carbonyl (C=O) groups is 1. The molecule has 0 fully saturated rings. The molecule has 0 spiro atoms. The molecule has 4 aromatic rings. The molecule has 1 aromatic heterocycles. The van der Waals surface area contributed by atoms with Crippen LogP contribution in [-0.2, 0) is 4.79 Å². The highest BCUT2D eigenvalue weighted by Gasteiger charge is 2.15. The van der Waals surface area contributed by atoms with Crippen LogP contribution in [0.3, 0.4) is 0 Å². The van der Waals surface area contributed by atoms with Gasteiger partial charge in [-0.3, -0.25) is 4.79 Å². The molecule has 0 radical (unpaired) electrons. The quantitative estimate of drug-likeness (QED) is 0.415. The van der Waals surface area contributed by atoms with Crippen LogP contribution in [0.25, 0.3) is 22.1 Å². The van der Waals surface area contributed by atoms with Crippen LogP contribution < -0.4 is 15.7 Å². The highest BCUT2D eigenvalue weighted by Crippen LogP contribution is 2.25. The summed E-state index contributed by atoms with van der Waals surface area (Å²) in [5.74, 6) is -1.77. The molecule has 4 rings (SSSR count). The number of aliphatic hydroxyl groups excluding tert-OH is 1. The first-order valence-electron chi connectivity index (χ1n) is 10.1. The van der Waals surface area contributed by atoms with E-state index in [4.69, 9.17) is 9.15 Å². The second kappa shape index (κ2) is 9.62. The topological polar surface area (TPSA) is 88.8 Å². The van der Waals surface area contributed by atoms with Gasteiger partial charge in [-0.15, -0.1) is 0 Å². The van der Waals surface area contributed by atoms with Gasteiger partial charge in [0.1, 0.15) is 23.0 Å². The number of aliphatic hydroxyl groups is 1. The van der Waals surface area contributed by atoms with Crippen LogP contribution in [0.15, 0.2) is 82.0 Å². The highest BCUT2D eigenvalue weighted by molar-refractivity contribution is 5.83. The monoisotopic (exact) mass is 451 g/mol. The van der Waals surface area contributed by atoms with E-state index in [0.717, 1.165) is 17.7 Å². The maximum Gasteiger partial charge on any atom is 0.344 e. The van der Waals surface area contributed by atoms with Crippen molar-refractivity contribution in [1.29, 1.82) is 0 Å². The number of halogens is 2. The Kier molecular flexibility index (Phi) is 6.46. The molecule has 0 aliphatic heterocycles. The van der Waals surface area contributed by atoms with E-state index in [1.54, 1.807) is 36.4 Å². The first-order valence-corrected chi connectivity index (χ1v) is 10.1. The Balaban J connectivity index is 1.48. The summed E-state index contributed by atoms with van der Waals surface area (Å²) < 4.78 is 37.8. The standard InChI is InChI=1S/C25H19F2NO5/c26-18-8-17(9-19(27)11-18)21-10-16-6-7-20(12-23(16)33-25(21)31)32-14-24(30)28-22(13-29)15-4-2-1-3-5-15/h1-12,22,29H,13-14H2,(H,28,30). The van der Waals surface area contributed by atoms with Gasteiger partial charge >= 0.3 is 5.63 Å². The van der Waals surface area contributed by atoms with Crippen LogP contribution in [0.5, 0.6) is 5.75 Å². The van der Waals surface area contributed by atoms with Crippen molar-refractivity contribution in [1.82, 2.24) is 5.32 Å². The summed E-state index contributed by atoms with van der Waals surface area (Å²) in [6.07, 6.45) is 0. The third-order valence-corrected chi connectivity index (χ3v) is 4.97. The molecule has 8 heteroatoms. The molecule has 0 saturated heterocycles. The van der Waals surface area contributed by atoms with Gasteiger partial charge in [0.15, 0.2) is 6.61 Å². The molecule has 33 heavy (non-hydrogen) atoms. The summed E-state index contributed by atoms with van der Waals surface area (Å²) in [5.41, 5.74) is 0.267. The van der Waals surface area contributed by atoms with Crippen LogP contribution in [0.2, 0.25) is 0 Å². The lowest BCUT2D eigenvalue weighted by Crippen LogP contribution is -2.34. The normalized spacial score (nSPS) is 11.8. The average molecular weight is 451 g/mol. The molecule has 0 saturated carbocycles. The molecule has 3 aromatic carbocycles. The Hall–Kier alpha value is -4.04. The fourth-order valence-electron chi connectivity index (χ4n) is 3.40. The Labute approximate surface area is 187 Å². The first-order chi connectivity index (χ1) is 15.9. The molecule has 1 unspecified atom stereocenters. The molecule has 1 heterocycles. The number of hydrogen-bond donors (Lipinski definition) is 2. The Bertz CT molecular complexity index is 1330. The smallest absolute Gasteiger partial charge is 0.344 e. The van der Waals surface area contributed by atoms with E-state index < -0.39 is 29.2 Å². The van der Waals surface area contributed by atoms with Gasteiger partial charge in [0, 0.05) is 17.5 Å². The number of benzene rings is 3. The second-order valence-electron chi connectivity index (χ2n) is 7.31. The van der Waals surface area contributed by atoms with Crippen molar-refractivity contribution in [3.8, 4) is 16.9 Å². The Morgan fingerprint density at radius 1 is 1.00 bits per heavy atom. The largest absolute Gasteiger partial charge is 0.484 e. The SMILES string of the molecule is O=C(COc1ccc2cc(-c3cc(F)cc(F)c3)c(=O)oc2c1)NC(CO)c1ccccc1. The molecule has 6 nitrogen and oxygen atoms in total. The molecule has 1 atom stereocenters. The predicted molar refractivity (Wildman–Crippen MR) is 118 cm³/mol. The van der Waals surface area contributed by atoms with E-state index in [1.165, 1.54) is 12.1 Å². The van der Waals surface area contributed by atoms with Gasteiger partial charge in [0.25, 0.3) is 5.91 Å². The minimum atomic E-state index is -0.803. The molecule has 0 aliphatic carbocycles. The molecule has 0 bridgehead atoms. The Morgan fingerprint density at radius 3 is 2.42 bits per heavy atom. The first kappa shape index (κ1) is 22.2. The van der Waals surface area contributed by atoms with E-state index in [-0.39, 0.29) is 35.7 Å². The molecule has 168 valence electrons. The number of ether oxygens (including phenoxy) is 1. The fraction of sp³-hybridized carbons (Fsp3) is 0.120. The number of rotatable bonds is 7. The molecule has 2 N–H and O–H groups in total. The van der Waals surface area contributed by atoms with E-state index in [0.29, 0.717) is 11.5 Å². The summed E-state index contributed by atoms with van der Waals surface area (Å²) in [4.78, 5) is 24.6. The van der Waals surface area contributed by atoms with Gasteiger partial charge < -0.3 is 19.6 Å². The zero-order valence-corrected chi connectivity index (χ0v) is 17.3. The minimum absolute atomic E-state index is 0.0184. The van der Waals surface area contributed by atoms with Gasteiger partial charge in [0.05, 0.1) is 18.2 Å². The summed E-state index contributed by atoms with van der Waals surface area (Å²) in [5, 5.41) is 12.7. The maximum absolute atomic E-state index is 13.5. The molecule has 1 amide bonds. The summed E-state index contributed by atoms with van der Waals surface area (Å²) in [6.45, 7) is -0.589. The number of amides is 1. The number of carbonyl (C=O) groups excluding carboxylic acids is 1. The van der Waals surface area contributed by atoms with Crippen molar-refractivity contribution < 1.29 is 27.8 Å². The van der Waals surface area contributed by atoms with Crippen molar-refractivity contribution in [3.05, 3.63) is 100 Å². The third-order valence-electron chi connectivity index (χ3n) is 4.97. The highest BCUT2D eigenvalue weighted by atomic mass is 19.1. The molecule has 0 aliphatic rings. The molecular formula is C25H19F2NO5. The van der Waals surface area contributed by atoms with Crippen LogP contribution >= 0.6 is 0 Å². The van der Waals surface area contributed by atoms with Gasteiger partial charge in [-0.05, 0) is 41.5 Å². The third kappa shape index (κ3) is 5.24. The number of hydrogen-bond acceptors (Lipinski definition) is 5. The van der Waals surface area contributed by atoms with Gasteiger partial charge in [-0.25, -0.2) is 13.6 Å². The average Bonchev–Trinajstić information content (AvgIpc) is 2.80. The maximum atomic E-state index is 13.5. The van der Waals surface area contributed by atoms with E-state index >= 15 is 0 Å². The van der Waals surface area contributed by atoms with E-state index in [2.05, 4.69) is 5.32 Å². The summed E-state index contributed by atoms with van der Waals surface area (Å²) in [6, 6.07) is 17.4. The van der Waals surface area contributed by atoms with E-state index in [1.807, 2.05) is 6.07 Å². The van der Waals surface area contributed by atoms with Crippen molar-refractivity contribution in [2.75, 3.05) is 13.2 Å². The second-order valence-corrected chi connectivity index (χ2v) is 7.31. The van der Waals surface area contributed by atoms with Gasteiger partial charge in [-0.2, -0.15) is 0 Å². The van der Waals surface area contributed by atoms with Crippen LogP contribution in [0.4, 0.5) is 8.78 Å². The fourth-order valence-corrected chi connectivity index (χ4v) is 3.40. The van der Waals surface area contributed by atoms with Gasteiger partial charge in [0.2, 0.25) is 0 Å². The minimum Gasteiger partial charge on any atom is -0.484 e. The lowest BCUT2D eigenvalue weighted by Gasteiger charge is -2.17.